The van der Waals surface area contributed by atoms with Gasteiger partial charge in [0, 0.05) is 12.1 Å². The lowest BCUT2D eigenvalue weighted by Gasteiger charge is -2.26. The van der Waals surface area contributed by atoms with Gasteiger partial charge < -0.3 is 10.4 Å². The molecule has 3 nitrogen and oxygen atoms in total. The number of carbonyl (C=O) groups excluding carboxylic acids is 1. The Kier molecular flexibility index (Phi) is 4.53. The quantitative estimate of drug-likeness (QED) is 0.801. The molecular formula is C15H19NO2. The highest BCUT2D eigenvalue weighted by molar-refractivity contribution is 5.91. The van der Waals surface area contributed by atoms with Crippen LogP contribution in [-0.4, -0.2) is 23.2 Å². The number of hydrogen-bond donors (Lipinski definition) is 2. The minimum Gasteiger partial charge on any atom is -0.393 e. The van der Waals surface area contributed by atoms with E-state index in [0.717, 1.165) is 24.8 Å². The maximum Gasteiger partial charge on any atom is 0.244 e. The first kappa shape index (κ1) is 12.8. The minimum atomic E-state index is -0.262. The molecule has 1 aromatic carbocycles. The van der Waals surface area contributed by atoms with Crippen LogP contribution < -0.4 is 5.32 Å². The number of rotatable bonds is 3. The lowest BCUT2D eigenvalue weighted by atomic mass is 9.93. The molecule has 1 saturated carbocycles. The molecule has 2 rings (SSSR count). The van der Waals surface area contributed by atoms with Crippen molar-refractivity contribution in [2.45, 2.75) is 37.8 Å². The average molecular weight is 245 g/mol. The Morgan fingerprint density at radius 2 is 2.06 bits per heavy atom. The second-order valence-corrected chi connectivity index (χ2v) is 4.77. The summed E-state index contributed by atoms with van der Waals surface area (Å²) in [5.74, 6) is -0.0852. The Bertz CT molecular complexity index is 414. The molecule has 1 aliphatic rings. The van der Waals surface area contributed by atoms with E-state index in [-0.39, 0.29) is 18.1 Å². The van der Waals surface area contributed by atoms with E-state index in [1.807, 2.05) is 30.3 Å². The van der Waals surface area contributed by atoms with Crippen molar-refractivity contribution < 1.29 is 9.90 Å². The average Bonchev–Trinajstić information content (AvgIpc) is 2.38. The predicted molar refractivity (Wildman–Crippen MR) is 71.9 cm³/mol. The summed E-state index contributed by atoms with van der Waals surface area (Å²) in [6.07, 6.45) is 6.56. The lowest BCUT2D eigenvalue weighted by molar-refractivity contribution is -0.117. The zero-order valence-corrected chi connectivity index (χ0v) is 10.4. The van der Waals surface area contributed by atoms with Crippen molar-refractivity contribution in [3.8, 4) is 0 Å². The molecule has 3 heteroatoms. The van der Waals surface area contributed by atoms with Crippen molar-refractivity contribution >= 4 is 12.0 Å². The van der Waals surface area contributed by atoms with Crippen LogP contribution in [0.1, 0.15) is 31.2 Å². The van der Waals surface area contributed by atoms with Crippen molar-refractivity contribution in [1.29, 1.82) is 0 Å². The topological polar surface area (TPSA) is 49.3 Å². The summed E-state index contributed by atoms with van der Waals surface area (Å²) in [5.41, 5.74) is 1.01. The fourth-order valence-corrected chi connectivity index (χ4v) is 2.28. The smallest absolute Gasteiger partial charge is 0.244 e. The molecule has 0 aliphatic heterocycles. The van der Waals surface area contributed by atoms with E-state index in [1.165, 1.54) is 0 Å². The molecule has 1 amide bonds. The molecule has 18 heavy (non-hydrogen) atoms. The van der Waals surface area contributed by atoms with Crippen LogP contribution in [0.15, 0.2) is 36.4 Å². The van der Waals surface area contributed by atoms with Crippen LogP contribution in [-0.2, 0) is 4.79 Å². The maximum absolute atomic E-state index is 11.7. The highest BCUT2D eigenvalue weighted by Gasteiger charge is 2.20. The summed E-state index contributed by atoms with van der Waals surface area (Å²) in [5, 5.41) is 12.5. The van der Waals surface area contributed by atoms with E-state index in [2.05, 4.69) is 5.32 Å². The van der Waals surface area contributed by atoms with Crippen molar-refractivity contribution in [1.82, 2.24) is 5.32 Å². The van der Waals surface area contributed by atoms with Gasteiger partial charge in [-0.1, -0.05) is 30.3 Å². The van der Waals surface area contributed by atoms with Crippen LogP contribution in [0, 0.1) is 0 Å². The lowest BCUT2D eigenvalue weighted by Crippen LogP contribution is -2.38. The van der Waals surface area contributed by atoms with E-state index >= 15 is 0 Å². The van der Waals surface area contributed by atoms with Gasteiger partial charge in [-0.3, -0.25) is 4.79 Å². The van der Waals surface area contributed by atoms with Crippen LogP contribution in [0.25, 0.3) is 6.08 Å². The standard InChI is InChI=1S/C15H19NO2/c17-14-8-4-7-13(11-14)16-15(18)10-9-12-5-2-1-3-6-12/h1-3,5-6,9-10,13-14,17H,4,7-8,11H2,(H,16,18)/b10-9+. The molecule has 0 aromatic heterocycles. The Hall–Kier alpha value is -1.61. The Labute approximate surface area is 108 Å². The largest absolute Gasteiger partial charge is 0.393 e. The first-order chi connectivity index (χ1) is 8.74. The van der Waals surface area contributed by atoms with Gasteiger partial charge in [-0.05, 0) is 37.3 Å². The van der Waals surface area contributed by atoms with Gasteiger partial charge in [-0.15, -0.1) is 0 Å². The number of hydrogen-bond acceptors (Lipinski definition) is 2. The monoisotopic (exact) mass is 245 g/mol. The van der Waals surface area contributed by atoms with E-state index in [0.29, 0.717) is 6.42 Å². The number of carbonyl (C=O) groups is 1. The normalized spacial score (nSPS) is 24.1. The molecule has 96 valence electrons. The van der Waals surface area contributed by atoms with Gasteiger partial charge in [0.1, 0.15) is 0 Å². The fraction of sp³-hybridized carbons (Fsp3) is 0.400. The number of aliphatic hydroxyl groups excluding tert-OH is 1. The summed E-state index contributed by atoms with van der Waals surface area (Å²) in [7, 11) is 0. The third-order valence-corrected chi connectivity index (χ3v) is 3.22. The van der Waals surface area contributed by atoms with Gasteiger partial charge in [0.15, 0.2) is 0 Å². The van der Waals surface area contributed by atoms with Gasteiger partial charge in [-0.25, -0.2) is 0 Å². The summed E-state index contributed by atoms with van der Waals surface area (Å²) in [4.78, 5) is 11.7. The van der Waals surface area contributed by atoms with Crippen LogP contribution >= 0.6 is 0 Å². The third-order valence-electron chi connectivity index (χ3n) is 3.22. The summed E-state index contributed by atoms with van der Waals surface area (Å²) in [6.45, 7) is 0. The number of amides is 1. The van der Waals surface area contributed by atoms with Gasteiger partial charge >= 0.3 is 0 Å². The minimum absolute atomic E-state index is 0.0852. The van der Waals surface area contributed by atoms with E-state index in [1.54, 1.807) is 12.2 Å². The molecule has 0 spiro atoms. The van der Waals surface area contributed by atoms with Gasteiger partial charge in [0.2, 0.25) is 5.91 Å². The zero-order chi connectivity index (χ0) is 12.8. The van der Waals surface area contributed by atoms with E-state index in [4.69, 9.17) is 0 Å². The number of nitrogens with one attached hydrogen (secondary N) is 1. The van der Waals surface area contributed by atoms with E-state index < -0.39 is 0 Å². The molecule has 0 heterocycles. The van der Waals surface area contributed by atoms with Gasteiger partial charge in [-0.2, -0.15) is 0 Å². The highest BCUT2D eigenvalue weighted by Crippen LogP contribution is 2.18. The summed E-state index contributed by atoms with van der Waals surface area (Å²) < 4.78 is 0. The van der Waals surface area contributed by atoms with Crippen molar-refractivity contribution in [3.63, 3.8) is 0 Å². The molecule has 1 aliphatic carbocycles. The SMILES string of the molecule is O=C(/C=C/c1ccccc1)NC1CCCC(O)C1. The molecular weight excluding hydrogens is 226 g/mol. The summed E-state index contributed by atoms with van der Waals surface area (Å²) in [6, 6.07) is 9.84. The van der Waals surface area contributed by atoms with Crippen molar-refractivity contribution in [2.75, 3.05) is 0 Å². The molecule has 0 saturated heterocycles. The molecule has 1 fully saturated rings. The van der Waals surface area contributed by atoms with Crippen LogP contribution in [0.2, 0.25) is 0 Å². The highest BCUT2D eigenvalue weighted by atomic mass is 16.3. The number of aliphatic hydroxyl groups is 1. The van der Waals surface area contributed by atoms with Crippen LogP contribution in [0.5, 0.6) is 0 Å². The van der Waals surface area contributed by atoms with Gasteiger partial charge in [0.05, 0.1) is 6.10 Å². The van der Waals surface area contributed by atoms with Crippen molar-refractivity contribution in [3.05, 3.63) is 42.0 Å². The Balaban J connectivity index is 1.83. The maximum atomic E-state index is 11.7. The van der Waals surface area contributed by atoms with Crippen LogP contribution in [0.3, 0.4) is 0 Å². The summed E-state index contributed by atoms with van der Waals surface area (Å²) >= 11 is 0. The Morgan fingerprint density at radius 3 is 2.78 bits per heavy atom. The van der Waals surface area contributed by atoms with Crippen LogP contribution in [0.4, 0.5) is 0 Å². The molecule has 2 unspecified atom stereocenters. The van der Waals surface area contributed by atoms with Gasteiger partial charge in [0.25, 0.3) is 0 Å². The molecule has 0 radical (unpaired) electrons. The molecule has 0 bridgehead atoms. The molecule has 2 atom stereocenters. The van der Waals surface area contributed by atoms with E-state index in [9.17, 15) is 9.90 Å². The first-order valence-electron chi connectivity index (χ1n) is 6.46. The molecule has 1 aromatic rings. The first-order valence-corrected chi connectivity index (χ1v) is 6.46. The third kappa shape index (κ3) is 4.00. The second kappa shape index (κ2) is 6.36. The Morgan fingerprint density at radius 1 is 1.28 bits per heavy atom. The predicted octanol–water partition coefficient (Wildman–Crippen LogP) is 2.12. The zero-order valence-electron chi connectivity index (χ0n) is 10.4. The fourth-order valence-electron chi connectivity index (χ4n) is 2.28. The second-order valence-electron chi connectivity index (χ2n) is 4.77. The molecule has 2 N–H and O–H groups in total. The number of benzene rings is 1. The van der Waals surface area contributed by atoms with Crippen molar-refractivity contribution in [2.24, 2.45) is 0 Å².